The summed E-state index contributed by atoms with van der Waals surface area (Å²) in [5.74, 6) is 2.32. The lowest BCUT2D eigenvalue weighted by atomic mass is 10.1. The van der Waals surface area contributed by atoms with E-state index < -0.39 is 0 Å². The van der Waals surface area contributed by atoms with Crippen molar-refractivity contribution in [2.24, 2.45) is 10.9 Å². The lowest BCUT2D eigenvalue weighted by Crippen LogP contribution is -2.45. The lowest BCUT2D eigenvalue weighted by Gasteiger charge is -2.21. The highest BCUT2D eigenvalue weighted by Gasteiger charge is 2.32. The van der Waals surface area contributed by atoms with Gasteiger partial charge in [0.2, 0.25) is 5.91 Å². The number of aliphatic imine (C=N–C) groups is 1. The van der Waals surface area contributed by atoms with Crippen LogP contribution in [0.3, 0.4) is 0 Å². The van der Waals surface area contributed by atoms with E-state index in [0.717, 1.165) is 50.7 Å². The number of carbonyl (C=O) groups excluding carboxylic acids is 1. The van der Waals surface area contributed by atoms with E-state index in [0.29, 0.717) is 12.5 Å². The number of hydrogen-bond donors (Lipinski definition) is 2. The Balaban J connectivity index is 1.27. The molecular weight excluding hydrogens is 376 g/mol. The molecule has 0 spiro atoms. The predicted octanol–water partition coefficient (Wildman–Crippen LogP) is 2.39. The summed E-state index contributed by atoms with van der Waals surface area (Å²) in [6.07, 6.45) is 9.31. The zero-order chi connectivity index (χ0) is 20.8. The minimum atomic E-state index is 0.241. The maximum absolute atomic E-state index is 12.7. The van der Waals surface area contributed by atoms with Gasteiger partial charge in [0.15, 0.2) is 5.96 Å². The van der Waals surface area contributed by atoms with Crippen molar-refractivity contribution in [3.05, 3.63) is 54.1 Å². The lowest BCUT2D eigenvalue weighted by molar-refractivity contribution is -0.134. The number of imidazole rings is 1. The first kappa shape index (κ1) is 20.4. The number of guanidine groups is 1. The van der Waals surface area contributed by atoms with Gasteiger partial charge in [0, 0.05) is 51.0 Å². The Kier molecular flexibility index (Phi) is 6.67. The highest BCUT2D eigenvalue weighted by atomic mass is 16.2. The van der Waals surface area contributed by atoms with Crippen molar-refractivity contribution in [2.45, 2.75) is 51.2 Å². The number of likely N-dealkylation sites (tertiary alicyclic amines) is 1. The number of carbonyl (C=O) groups is 1. The van der Waals surface area contributed by atoms with Crippen molar-refractivity contribution in [2.75, 3.05) is 20.1 Å². The molecule has 1 aromatic carbocycles. The van der Waals surface area contributed by atoms with E-state index >= 15 is 0 Å². The van der Waals surface area contributed by atoms with Crippen LogP contribution < -0.4 is 10.6 Å². The zero-order valence-electron chi connectivity index (χ0n) is 17.8. The molecule has 1 aromatic heterocycles. The Morgan fingerprint density at radius 3 is 2.77 bits per heavy atom. The normalized spacial score (nSPS) is 20.0. The van der Waals surface area contributed by atoms with Crippen molar-refractivity contribution >= 4 is 11.9 Å². The zero-order valence-corrected chi connectivity index (χ0v) is 17.8. The highest BCUT2D eigenvalue weighted by molar-refractivity contribution is 5.81. The molecule has 1 aliphatic heterocycles. The summed E-state index contributed by atoms with van der Waals surface area (Å²) in [6, 6.07) is 10.6. The molecule has 1 atom stereocenters. The number of rotatable bonds is 6. The van der Waals surface area contributed by atoms with Crippen molar-refractivity contribution in [1.82, 2.24) is 25.1 Å². The summed E-state index contributed by atoms with van der Waals surface area (Å²) < 4.78 is 2.15. The molecule has 2 N–H and O–H groups in total. The first-order chi connectivity index (χ1) is 14.7. The first-order valence-electron chi connectivity index (χ1n) is 11.0. The minimum absolute atomic E-state index is 0.241. The average Bonchev–Trinajstić information content (AvgIpc) is 3.54. The molecule has 160 valence electrons. The third kappa shape index (κ3) is 5.01. The van der Waals surface area contributed by atoms with Gasteiger partial charge in [-0.2, -0.15) is 0 Å². The van der Waals surface area contributed by atoms with Crippen LogP contribution in [-0.4, -0.2) is 52.5 Å². The fourth-order valence-electron chi connectivity index (χ4n) is 4.49. The van der Waals surface area contributed by atoms with Gasteiger partial charge in [-0.3, -0.25) is 9.79 Å². The number of hydrogen-bond acceptors (Lipinski definition) is 3. The van der Waals surface area contributed by atoms with Crippen LogP contribution in [0.5, 0.6) is 0 Å². The van der Waals surface area contributed by atoms with Gasteiger partial charge in [-0.05, 0) is 24.8 Å². The third-order valence-electron chi connectivity index (χ3n) is 6.18. The Labute approximate surface area is 178 Å². The summed E-state index contributed by atoms with van der Waals surface area (Å²) in [5, 5.41) is 6.86. The molecule has 7 nitrogen and oxygen atoms in total. The van der Waals surface area contributed by atoms with Crippen molar-refractivity contribution in [1.29, 1.82) is 0 Å². The SMILES string of the molecule is CN=C(NCc1nccn1Cc1ccccc1)NC1CCN(C(=O)C2CCCC2)C1. The molecule has 0 radical (unpaired) electrons. The maximum atomic E-state index is 12.7. The van der Waals surface area contributed by atoms with Crippen molar-refractivity contribution in [3.8, 4) is 0 Å². The van der Waals surface area contributed by atoms with Crippen LogP contribution in [-0.2, 0) is 17.9 Å². The number of nitrogens with zero attached hydrogens (tertiary/aromatic N) is 4. The Bertz CT molecular complexity index is 856. The fraction of sp³-hybridized carbons (Fsp3) is 0.522. The maximum Gasteiger partial charge on any atom is 0.225 e. The molecule has 1 unspecified atom stereocenters. The summed E-state index contributed by atoms with van der Waals surface area (Å²) in [6.45, 7) is 2.99. The molecule has 1 saturated carbocycles. The number of amides is 1. The molecule has 1 aliphatic carbocycles. The topological polar surface area (TPSA) is 74.6 Å². The van der Waals surface area contributed by atoms with Crippen LogP contribution in [0, 0.1) is 5.92 Å². The number of nitrogens with one attached hydrogen (secondary N) is 2. The van der Waals surface area contributed by atoms with Gasteiger partial charge in [0.1, 0.15) is 5.82 Å². The van der Waals surface area contributed by atoms with E-state index in [4.69, 9.17) is 0 Å². The van der Waals surface area contributed by atoms with Gasteiger partial charge in [-0.15, -0.1) is 0 Å². The third-order valence-corrected chi connectivity index (χ3v) is 6.18. The molecule has 1 amide bonds. The Morgan fingerprint density at radius 1 is 1.20 bits per heavy atom. The van der Waals surface area contributed by atoms with E-state index in [9.17, 15) is 4.79 Å². The van der Waals surface area contributed by atoms with Gasteiger partial charge in [-0.25, -0.2) is 4.98 Å². The monoisotopic (exact) mass is 408 g/mol. The molecule has 2 aliphatic rings. The molecule has 4 rings (SSSR count). The molecule has 2 aromatic rings. The summed E-state index contributed by atoms with van der Waals surface area (Å²) in [5.41, 5.74) is 1.25. The Hall–Kier alpha value is -2.83. The highest BCUT2D eigenvalue weighted by Crippen LogP contribution is 2.27. The van der Waals surface area contributed by atoms with E-state index in [2.05, 4.69) is 49.4 Å². The van der Waals surface area contributed by atoms with E-state index in [1.54, 1.807) is 7.05 Å². The van der Waals surface area contributed by atoms with Crippen molar-refractivity contribution in [3.63, 3.8) is 0 Å². The van der Waals surface area contributed by atoms with Crippen LogP contribution in [0.25, 0.3) is 0 Å². The van der Waals surface area contributed by atoms with E-state index in [1.165, 1.54) is 18.4 Å². The molecule has 2 heterocycles. The van der Waals surface area contributed by atoms with Crippen LogP contribution in [0.2, 0.25) is 0 Å². The minimum Gasteiger partial charge on any atom is -0.352 e. The molecule has 30 heavy (non-hydrogen) atoms. The fourth-order valence-corrected chi connectivity index (χ4v) is 4.49. The smallest absolute Gasteiger partial charge is 0.225 e. The van der Waals surface area contributed by atoms with E-state index in [-0.39, 0.29) is 12.0 Å². The second-order valence-corrected chi connectivity index (χ2v) is 8.28. The Morgan fingerprint density at radius 2 is 2.00 bits per heavy atom. The second-order valence-electron chi connectivity index (χ2n) is 8.28. The van der Waals surface area contributed by atoms with Gasteiger partial charge >= 0.3 is 0 Å². The molecular formula is C23H32N6O. The van der Waals surface area contributed by atoms with E-state index in [1.807, 2.05) is 23.4 Å². The molecule has 7 heteroatoms. The number of benzene rings is 1. The van der Waals surface area contributed by atoms with Crippen LogP contribution in [0.15, 0.2) is 47.7 Å². The van der Waals surface area contributed by atoms with Crippen LogP contribution in [0.4, 0.5) is 0 Å². The van der Waals surface area contributed by atoms with Gasteiger partial charge < -0.3 is 20.1 Å². The van der Waals surface area contributed by atoms with Gasteiger partial charge in [-0.1, -0.05) is 43.2 Å². The quantitative estimate of drug-likeness (QED) is 0.569. The van der Waals surface area contributed by atoms with Crippen LogP contribution in [0.1, 0.15) is 43.5 Å². The summed E-state index contributed by atoms with van der Waals surface area (Å²) in [7, 11) is 1.78. The molecule has 2 fully saturated rings. The van der Waals surface area contributed by atoms with Crippen molar-refractivity contribution < 1.29 is 4.79 Å². The second kappa shape index (κ2) is 9.78. The first-order valence-corrected chi connectivity index (χ1v) is 11.0. The summed E-state index contributed by atoms with van der Waals surface area (Å²) in [4.78, 5) is 23.6. The predicted molar refractivity (Wildman–Crippen MR) is 118 cm³/mol. The largest absolute Gasteiger partial charge is 0.352 e. The average molecular weight is 409 g/mol. The van der Waals surface area contributed by atoms with Crippen LogP contribution >= 0.6 is 0 Å². The van der Waals surface area contributed by atoms with Gasteiger partial charge in [0.05, 0.1) is 6.54 Å². The molecule has 1 saturated heterocycles. The molecule has 0 bridgehead atoms. The van der Waals surface area contributed by atoms with Gasteiger partial charge in [0.25, 0.3) is 0 Å². The standard InChI is InChI=1S/C23H32N6O/c1-24-23(27-20-11-13-29(17-20)22(30)19-9-5-6-10-19)26-15-21-25-12-14-28(21)16-18-7-3-2-4-8-18/h2-4,7-8,12,14,19-20H,5-6,9-11,13,15-17H2,1H3,(H2,24,26,27). The summed E-state index contributed by atoms with van der Waals surface area (Å²) >= 11 is 0. The number of aromatic nitrogens is 2.